The normalized spacial score (nSPS) is 17.0. The van der Waals surface area contributed by atoms with Gasteiger partial charge in [0.05, 0.1) is 18.9 Å². The molecule has 0 saturated carbocycles. The van der Waals surface area contributed by atoms with Crippen molar-refractivity contribution >= 4 is 15.7 Å². The minimum absolute atomic E-state index is 0.0639. The Bertz CT molecular complexity index is 1180. The van der Waals surface area contributed by atoms with Gasteiger partial charge in [-0.3, -0.25) is 0 Å². The number of rotatable bonds is 4. The number of alkyl halides is 3. The second-order valence-corrected chi connectivity index (χ2v) is 8.93. The summed E-state index contributed by atoms with van der Waals surface area (Å²) in [7, 11) is -0.972. The van der Waals surface area contributed by atoms with Crippen LogP contribution in [0, 0.1) is 0 Å². The van der Waals surface area contributed by atoms with Crippen LogP contribution in [0.2, 0.25) is 0 Å². The first-order chi connectivity index (χ1) is 14.1. The first-order valence-corrected chi connectivity index (χ1v) is 10.5. The number of halogens is 3. The van der Waals surface area contributed by atoms with E-state index in [0.29, 0.717) is 0 Å². The molecule has 1 aliphatic rings. The molecule has 3 aromatic rings. The molecule has 0 aliphatic carbocycles. The van der Waals surface area contributed by atoms with Crippen LogP contribution < -0.4 is 4.74 Å². The average molecular weight is 444 g/mol. The molecule has 0 N–H and O–H groups in total. The van der Waals surface area contributed by atoms with Gasteiger partial charge in [0.1, 0.15) is 6.33 Å². The van der Waals surface area contributed by atoms with Crippen LogP contribution in [0.25, 0.3) is 5.65 Å². The highest BCUT2D eigenvalue weighted by Crippen LogP contribution is 2.40. The maximum atomic E-state index is 13.6. The molecule has 0 spiro atoms. The monoisotopic (exact) mass is 444 g/mol. The Morgan fingerprint density at radius 1 is 1.20 bits per heavy atom. The van der Waals surface area contributed by atoms with Crippen molar-refractivity contribution in [2.75, 3.05) is 20.2 Å². The summed E-state index contributed by atoms with van der Waals surface area (Å²) in [5.74, 6) is -0.356. The number of aromatic nitrogens is 5. The van der Waals surface area contributed by atoms with E-state index in [0.717, 1.165) is 6.07 Å². The number of nitrogens with zero attached hydrogens (tertiary/aromatic N) is 6. The van der Waals surface area contributed by atoms with Crippen LogP contribution in [0.15, 0.2) is 29.7 Å². The summed E-state index contributed by atoms with van der Waals surface area (Å²) in [5, 5.41) is 7.84. The van der Waals surface area contributed by atoms with Crippen molar-refractivity contribution in [1.82, 2.24) is 28.7 Å². The molecule has 0 atom stereocenters. The molecule has 4 rings (SSSR count). The molecule has 9 nitrogen and oxygen atoms in total. The number of methoxy groups -OCH3 is 1. The quantitative estimate of drug-likeness (QED) is 0.612. The van der Waals surface area contributed by atoms with E-state index in [4.69, 9.17) is 4.74 Å². The Morgan fingerprint density at radius 2 is 1.90 bits per heavy atom. The summed E-state index contributed by atoms with van der Waals surface area (Å²) in [6.45, 7) is 0.162. The van der Waals surface area contributed by atoms with Gasteiger partial charge in [-0.25, -0.2) is 22.6 Å². The summed E-state index contributed by atoms with van der Waals surface area (Å²) < 4.78 is 75.8. The van der Waals surface area contributed by atoms with Crippen molar-refractivity contribution in [1.29, 1.82) is 0 Å². The van der Waals surface area contributed by atoms with Gasteiger partial charge in [0.15, 0.2) is 10.5 Å². The van der Waals surface area contributed by atoms with Crippen LogP contribution in [-0.2, 0) is 23.2 Å². The van der Waals surface area contributed by atoms with E-state index < -0.39 is 27.7 Å². The average Bonchev–Trinajstić information content (AvgIpc) is 3.32. The van der Waals surface area contributed by atoms with Crippen LogP contribution in [-0.4, -0.2) is 57.3 Å². The highest BCUT2D eigenvalue weighted by Gasteiger charge is 2.39. The summed E-state index contributed by atoms with van der Waals surface area (Å²) in [4.78, 5) is 3.76. The second kappa shape index (κ2) is 7.23. The lowest BCUT2D eigenvalue weighted by Crippen LogP contribution is -2.38. The molecule has 1 aliphatic heterocycles. The van der Waals surface area contributed by atoms with Crippen LogP contribution in [0.5, 0.6) is 5.88 Å². The lowest BCUT2D eigenvalue weighted by atomic mass is 9.88. The molecular weight excluding hydrogens is 425 g/mol. The molecule has 4 heterocycles. The number of piperidine rings is 1. The summed E-state index contributed by atoms with van der Waals surface area (Å²) >= 11 is 0. The third-order valence-electron chi connectivity index (χ3n) is 5.31. The smallest absolute Gasteiger partial charge is 0.416 e. The standard InChI is InChI=1S/C17H19F3N6O3S/c1-24-16(29-2)14(8-22-24)30(27,28)25-5-3-11(4-6-25)12-9-26-15(21-10-23-26)7-13(12)17(18,19)20/h7-11H,3-6H2,1-2H3. The van der Waals surface area contributed by atoms with E-state index in [-0.39, 0.29) is 47.9 Å². The lowest BCUT2D eigenvalue weighted by molar-refractivity contribution is -0.138. The number of aryl methyl sites for hydroxylation is 1. The molecule has 0 bridgehead atoms. The molecule has 30 heavy (non-hydrogen) atoms. The zero-order chi connectivity index (χ0) is 21.7. The fourth-order valence-electron chi connectivity index (χ4n) is 3.81. The molecule has 1 saturated heterocycles. The fourth-order valence-corrected chi connectivity index (χ4v) is 5.39. The number of hydrogen-bond donors (Lipinski definition) is 0. The Hall–Kier alpha value is -2.67. The number of sulfonamides is 1. The largest absolute Gasteiger partial charge is 0.480 e. The van der Waals surface area contributed by atoms with Crippen molar-refractivity contribution in [3.63, 3.8) is 0 Å². The Morgan fingerprint density at radius 3 is 2.53 bits per heavy atom. The van der Waals surface area contributed by atoms with Crippen molar-refractivity contribution in [3.05, 3.63) is 35.9 Å². The van der Waals surface area contributed by atoms with Crippen LogP contribution >= 0.6 is 0 Å². The van der Waals surface area contributed by atoms with Crippen molar-refractivity contribution in [2.24, 2.45) is 7.05 Å². The van der Waals surface area contributed by atoms with Gasteiger partial charge in [-0.2, -0.15) is 27.7 Å². The van der Waals surface area contributed by atoms with Crippen LogP contribution in [0.4, 0.5) is 13.2 Å². The molecule has 1 fully saturated rings. The van der Waals surface area contributed by atoms with E-state index in [1.165, 1.54) is 39.3 Å². The molecule has 0 amide bonds. The van der Waals surface area contributed by atoms with Crippen molar-refractivity contribution < 1.29 is 26.3 Å². The zero-order valence-corrected chi connectivity index (χ0v) is 17.0. The Labute approximate surface area is 170 Å². The summed E-state index contributed by atoms with van der Waals surface area (Å²) in [6.07, 6.45) is -0.327. The van der Waals surface area contributed by atoms with Crippen LogP contribution in [0.1, 0.15) is 29.9 Å². The van der Waals surface area contributed by atoms with Gasteiger partial charge in [-0.05, 0) is 30.4 Å². The third kappa shape index (κ3) is 3.41. The molecule has 13 heteroatoms. The van der Waals surface area contributed by atoms with E-state index in [1.807, 2.05) is 0 Å². The van der Waals surface area contributed by atoms with E-state index in [1.54, 1.807) is 7.05 Å². The minimum Gasteiger partial charge on any atom is -0.480 e. The lowest BCUT2D eigenvalue weighted by Gasteiger charge is -2.32. The van der Waals surface area contributed by atoms with E-state index in [2.05, 4.69) is 15.2 Å². The highest BCUT2D eigenvalue weighted by molar-refractivity contribution is 7.89. The van der Waals surface area contributed by atoms with Crippen molar-refractivity contribution in [2.45, 2.75) is 29.8 Å². The van der Waals surface area contributed by atoms with Gasteiger partial charge < -0.3 is 4.74 Å². The van der Waals surface area contributed by atoms with E-state index >= 15 is 0 Å². The van der Waals surface area contributed by atoms with Crippen LogP contribution in [0.3, 0.4) is 0 Å². The maximum absolute atomic E-state index is 13.6. The molecule has 162 valence electrons. The predicted octanol–water partition coefficient (Wildman–Crippen LogP) is 2.06. The highest BCUT2D eigenvalue weighted by atomic mass is 32.2. The molecular formula is C17H19F3N6O3S. The molecule has 0 unspecified atom stereocenters. The van der Waals surface area contributed by atoms with Gasteiger partial charge in [0.2, 0.25) is 15.9 Å². The third-order valence-corrected chi connectivity index (χ3v) is 7.19. The molecule has 3 aromatic heterocycles. The molecule has 0 radical (unpaired) electrons. The predicted molar refractivity (Wildman–Crippen MR) is 98.5 cm³/mol. The van der Waals surface area contributed by atoms with Gasteiger partial charge in [0, 0.05) is 26.3 Å². The first kappa shape index (κ1) is 20.6. The number of pyridine rings is 1. The first-order valence-electron chi connectivity index (χ1n) is 9.09. The van der Waals surface area contributed by atoms with Gasteiger partial charge in [-0.15, -0.1) is 0 Å². The van der Waals surface area contributed by atoms with Gasteiger partial charge in [0.25, 0.3) is 0 Å². The SMILES string of the molecule is COc1c(S(=O)(=O)N2CCC(c3cn4ncnc4cc3C(F)(F)F)CC2)cnn1C. The summed E-state index contributed by atoms with van der Waals surface area (Å²) in [6, 6.07) is 0.978. The second-order valence-electron chi connectivity index (χ2n) is 7.02. The number of hydrogen-bond acceptors (Lipinski definition) is 6. The zero-order valence-electron chi connectivity index (χ0n) is 16.2. The topological polar surface area (TPSA) is 94.6 Å². The Kier molecular flexibility index (Phi) is 4.97. The van der Waals surface area contributed by atoms with Crippen molar-refractivity contribution in [3.8, 4) is 5.88 Å². The summed E-state index contributed by atoms with van der Waals surface area (Å²) in [5.41, 5.74) is -0.565. The number of ether oxygens (including phenoxy) is 1. The minimum atomic E-state index is -4.55. The maximum Gasteiger partial charge on any atom is 0.416 e. The van der Waals surface area contributed by atoms with E-state index in [9.17, 15) is 21.6 Å². The Balaban J connectivity index is 1.61. The molecule has 0 aromatic carbocycles. The fraction of sp³-hybridized carbons (Fsp3) is 0.471. The van der Waals surface area contributed by atoms with Gasteiger partial charge >= 0.3 is 6.18 Å². The van der Waals surface area contributed by atoms with Gasteiger partial charge in [-0.1, -0.05) is 0 Å². The number of fused-ring (bicyclic) bond motifs is 1.